The number of aryl methyl sites for hydroxylation is 1. The normalized spacial score (nSPS) is 17.1. The lowest BCUT2D eigenvalue weighted by molar-refractivity contribution is -0.136. The van der Waals surface area contributed by atoms with Crippen molar-refractivity contribution in [2.45, 2.75) is 70.6 Å². The standard InChI is InChI=1S/C52H56F2N8O4/c1-33-17-21-62(50(64)57-33)40-14-9-35(10-15-40)6-5-20-61-24-25-66-52(31-61)18-22-60(23-19-52)30-36-7-11-37(12-8-36)46-29-43-47(55-32-56-48(43)58-46)42-27-39(53)28-45(34(42)2)59-49(63)41-16-13-38(26-44(41)54)51(3,4)65/h7-16,26-29,32,65H,1,5-6,17-25,30-31H2,2-4H3,(H,57,64)(H,59,63)(H,55,56,58). The molecule has 0 aliphatic carbocycles. The lowest BCUT2D eigenvalue weighted by atomic mass is 9.89. The Morgan fingerprint density at radius 3 is 2.42 bits per heavy atom. The van der Waals surface area contributed by atoms with Crippen LogP contribution in [0.25, 0.3) is 33.5 Å². The van der Waals surface area contributed by atoms with Crippen LogP contribution in [0.4, 0.5) is 25.0 Å². The summed E-state index contributed by atoms with van der Waals surface area (Å²) in [5.41, 5.74) is 6.94. The minimum absolute atomic E-state index is 0.108. The van der Waals surface area contributed by atoms with E-state index in [2.05, 4.69) is 78.4 Å². The first-order chi connectivity index (χ1) is 31.7. The van der Waals surface area contributed by atoms with E-state index in [9.17, 15) is 14.7 Å². The predicted molar refractivity (Wildman–Crippen MR) is 253 cm³/mol. The SMILES string of the molecule is C=C1CCN(c2ccc(CCCN3CCOC4(CCN(Cc5ccc(-c6cc7c(-c8cc(F)cc(NC(=O)c9ccc(C(C)(C)O)cc9F)c8C)ncnc7[nH]6)cc5)CC4)C3)cc2)C(=O)N1. The third kappa shape index (κ3) is 9.78. The molecule has 3 saturated heterocycles. The second-order valence-corrected chi connectivity index (χ2v) is 18.5. The Kier molecular flexibility index (Phi) is 12.6. The average molecular weight is 895 g/mol. The van der Waals surface area contributed by atoms with Crippen molar-refractivity contribution < 1.29 is 28.2 Å². The van der Waals surface area contributed by atoms with Gasteiger partial charge in [-0.25, -0.2) is 23.5 Å². The number of aromatic nitrogens is 3. The highest BCUT2D eigenvalue weighted by Crippen LogP contribution is 2.36. The summed E-state index contributed by atoms with van der Waals surface area (Å²) in [6.45, 7) is 15.8. The van der Waals surface area contributed by atoms with Crippen LogP contribution in [0.1, 0.15) is 72.1 Å². The summed E-state index contributed by atoms with van der Waals surface area (Å²) >= 11 is 0. The third-order valence-electron chi connectivity index (χ3n) is 13.3. The number of hydrogen-bond donors (Lipinski definition) is 4. The lowest BCUT2D eigenvalue weighted by Crippen LogP contribution is -2.56. The van der Waals surface area contributed by atoms with Crippen LogP contribution in [-0.2, 0) is 23.3 Å². The first-order valence-corrected chi connectivity index (χ1v) is 22.7. The molecular formula is C52H56F2N8O4. The van der Waals surface area contributed by atoms with E-state index in [1.807, 2.05) is 18.2 Å². The molecule has 6 aromatic rings. The number of rotatable bonds is 12. The van der Waals surface area contributed by atoms with Crippen molar-refractivity contribution in [1.29, 1.82) is 0 Å². The average Bonchev–Trinajstić information content (AvgIpc) is 3.74. The van der Waals surface area contributed by atoms with Gasteiger partial charge in [0, 0.05) is 79.4 Å². The summed E-state index contributed by atoms with van der Waals surface area (Å²) in [6.07, 6.45) is 6.21. The van der Waals surface area contributed by atoms with Gasteiger partial charge < -0.3 is 25.5 Å². The molecule has 0 atom stereocenters. The van der Waals surface area contributed by atoms with E-state index in [1.54, 1.807) is 11.8 Å². The molecule has 342 valence electrons. The molecule has 4 N–H and O–H groups in total. The number of H-pyrrole nitrogens is 1. The molecule has 3 amide bonds. The van der Waals surface area contributed by atoms with Gasteiger partial charge in [-0.05, 0) is 123 Å². The molecule has 3 fully saturated rings. The lowest BCUT2D eigenvalue weighted by Gasteiger charge is -2.47. The van der Waals surface area contributed by atoms with E-state index in [-0.39, 0.29) is 22.9 Å². The largest absolute Gasteiger partial charge is 0.386 e. The molecule has 0 saturated carbocycles. The molecule has 1 spiro atoms. The molecule has 12 nitrogen and oxygen atoms in total. The zero-order valence-corrected chi connectivity index (χ0v) is 37.7. The van der Waals surface area contributed by atoms with Crippen LogP contribution in [0, 0.1) is 18.6 Å². The number of nitrogens with one attached hydrogen (secondary N) is 3. The zero-order valence-electron chi connectivity index (χ0n) is 37.7. The van der Waals surface area contributed by atoms with E-state index in [1.165, 1.54) is 55.6 Å². The van der Waals surface area contributed by atoms with Gasteiger partial charge in [0.2, 0.25) is 0 Å². The molecule has 0 unspecified atom stereocenters. The van der Waals surface area contributed by atoms with Gasteiger partial charge >= 0.3 is 6.03 Å². The van der Waals surface area contributed by atoms with Crippen LogP contribution in [0.15, 0.2) is 104 Å². The molecule has 4 aromatic carbocycles. The van der Waals surface area contributed by atoms with Crippen molar-refractivity contribution >= 4 is 34.3 Å². The van der Waals surface area contributed by atoms with Crippen molar-refractivity contribution in [2.75, 3.05) is 56.1 Å². The highest BCUT2D eigenvalue weighted by Gasteiger charge is 2.39. The zero-order chi connectivity index (χ0) is 46.2. The number of aromatic amines is 1. The van der Waals surface area contributed by atoms with E-state index in [4.69, 9.17) is 4.74 Å². The highest BCUT2D eigenvalue weighted by atomic mass is 19.1. The Bertz CT molecular complexity index is 2780. The number of aliphatic hydroxyl groups is 1. The van der Waals surface area contributed by atoms with Gasteiger partial charge in [0.05, 0.1) is 29.1 Å². The summed E-state index contributed by atoms with van der Waals surface area (Å²) in [5.74, 6) is -2.13. The molecule has 14 heteroatoms. The van der Waals surface area contributed by atoms with E-state index in [0.29, 0.717) is 40.0 Å². The summed E-state index contributed by atoms with van der Waals surface area (Å²) < 4.78 is 36.7. The molecular weight excluding hydrogens is 839 g/mol. The maximum atomic E-state index is 15.2. The summed E-state index contributed by atoms with van der Waals surface area (Å²) in [5, 5.41) is 16.4. The fraction of sp³-hybridized carbons (Fsp3) is 0.346. The number of nitrogens with zero attached hydrogens (tertiary/aromatic N) is 5. The van der Waals surface area contributed by atoms with Gasteiger partial charge in [0.25, 0.3) is 5.91 Å². The van der Waals surface area contributed by atoms with Gasteiger partial charge in [-0.2, -0.15) is 0 Å². The smallest absolute Gasteiger partial charge is 0.326 e. The Morgan fingerprint density at radius 1 is 0.939 bits per heavy atom. The first-order valence-electron chi connectivity index (χ1n) is 22.7. The van der Waals surface area contributed by atoms with Crippen molar-refractivity contribution in [1.82, 2.24) is 30.1 Å². The quantitative estimate of drug-likeness (QED) is 0.0955. The number of likely N-dealkylation sites (tertiary alicyclic amines) is 1. The second-order valence-electron chi connectivity index (χ2n) is 18.5. The molecule has 3 aliphatic heterocycles. The predicted octanol–water partition coefficient (Wildman–Crippen LogP) is 9.09. The van der Waals surface area contributed by atoms with Crippen molar-refractivity contribution in [3.8, 4) is 22.5 Å². The Labute approximate surface area is 383 Å². The number of piperidine rings is 1. The van der Waals surface area contributed by atoms with E-state index >= 15 is 8.78 Å². The number of anilines is 2. The van der Waals surface area contributed by atoms with E-state index in [0.717, 1.165) is 107 Å². The van der Waals surface area contributed by atoms with Crippen molar-refractivity contribution in [3.05, 3.63) is 143 Å². The number of carbonyl (C=O) groups excluding carboxylic acids is 2. The van der Waals surface area contributed by atoms with Crippen LogP contribution < -0.4 is 15.5 Å². The number of ether oxygens (including phenoxy) is 1. The molecule has 2 aromatic heterocycles. The summed E-state index contributed by atoms with van der Waals surface area (Å²) in [6, 6.07) is 25.2. The van der Waals surface area contributed by atoms with Gasteiger partial charge in [0.1, 0.15) is 23.6 Å². The van der Waals surface area contributed by atoms with Gasteiger partial charge in [-0.15, -0.1) is 0 Å². The molecule has 9 rings (SSSR count). The fourth-order valence-electron chi connectivity index (χ4n) is 9.44. The van der Waals surface area contributed by atoms with Gasteiger partial charge in [0.15, 0.2) is 0 Å². The Hall–Kier alpha value is -6.32. The maximum Gasteiger partial charge on any atom is 0.326 e. The minimum Gasteiger partial charge on any atom is -0.386 e. The number of amides is 3. The highest BCUT2D eigenvalue weighted by molar-refractivity contribution is 6.06. The number of morpholine rings is 1. The number of carbonyl (C=O) groups is 2. The first kappa shape index (κ1) is 44.9. The minimum atomic E-state index is -1.28. The molecule has 0 radical (unpaired) electrons. The number of fused-ring (bicyclic) bond motifs is 1. The van der Waals surface area contributed by atoms with Crippen LogP contribution in [0.2, 0.25) is 0 Å². The number of urea groups is 1. The topological polar surface area (TPSA) is 139 Å². The molecule has 66 heavy (non-hydrogen) atoms. The second kappa shape index (κ2) is 18.5. The van der Waals surface area contributed by atoms with Crippen LogP contribution in [0.3, 0.4) is 0 Å². The molecule has 0 bridgehead atoms. The van der Waals surface area contributed by atoms with Crippen LogP contribution in [0.5, 0.6) is 0 Å². The van der Waals surface area contributed by atoms with Crippen molar-refractivity contribution in [2.24, 2.45) is 0 Å². The van der Waals surface area contributed by atoms with E-state index < -0.39 is 23.1 Å². The number of benzene rings is 4. The number of halogens is 2. The van der Waals surface area contributed by atoms with Crippen LogP contribution >= 0.6 is 0 Å². The van der Waals surface area contributed by atoms with Gasteiger partial charge in [-0.3, -0.25) is 19.5 Å². The summed E-state index contributed by atoms with van der Waals surface area (Å²) in [7, 11) is 0. The third-order valence-corrected chi connectivity index (χ3v) is 13.3. The maximum absolute atomic E-state index is 15.2. The summed E-state index contributed by atoms with van der Waals surface area (Å²) in [4.78, 5) is 44.8. The van der Waals surface area contributed by atoms with Gasteiger partial charge in [-0.1, -0.05) is 49.0 Å². The Morgan fingerprint density at radius 2 is 1.70 bits per heavy atom. The molecule has 3 aliphatic rings. The fourth-order valence-corrected chi connectivity index (χ4v) is 9.44. The molecule has 5 heterocycles. The number of hydrogen-bond acceptors (Lipinski definition) is 8. The Balaban J connectivity index is 0.791. The van der Waals surface area contributed by atoms with Crippen LogP contribution in [-0.4, -0.2) is 93.3 Å². The monoisotopic (exact) mass is 894 g/mol. The van der Waals surface area contributed by atoms with Crippen molar-refractivity contribution in [3.63, 3.8) is 0 Å².